The van der Waals surface area contributed by atoms with E-state index in [2.05, 4.69) is 21.4 Å². The lowest BCUT2D eigenvalue weighted by Gasteiger charge is -2.35. The van der Waals surface area contributed by atoms with Gasteiger partial charge in [0.25, 0.3) is 5.56 Å². The molecule has 1 aromatic heterocycles. The van der Waals surface area contributed by atoms with E-state index < -0.39 is 29.4 Å². The summed E-state index contributed by atoms with van der Waals surface area (Å²) in [5.74, 6) is -0.357. The van der Waals surface area contributed by atoms with Gasteiger partial charge in [-0.05, 0) is 31.4 Å². The van der Waals surface area contributed by atoms with E-state index in [-0.39, 0.29) is 24.2 Å². The smallest absolute Gasteiger partial charge is 0.392 e. The Hall–Kier alpha value is -3.23. The molecular formula is C23H24F3N5O3. The first-order chi connectivity index (χ1) is 16.2. The number of carbonyl (C=O) groups excluding carboxylic acids is 1. The van der Waals surface area contributed by atoms with Gasteiger partial charge in [-0.3, -0.25) is 9.59 Å². The Kier molecular flexibility index (Phi) is 6.72. The second-order valence-corrected chi connectivity index (χ2v) is 8.67. The lowest BCUT2D eigenvalue weighted by molar-refractivity contribution is -0.137. The normalized spacial score (nSPS) is 22.3. The number of β-amino-alcohol motifs (C(OH)–C–C–N with tert-alkyl or cyclic N) is 1. The molecule has 1 unspecified atom stereocenters. The van der Waals surface area contributed by atoms with Crippen molar-refractivity contribution in [3.63, 3.8) is 0 Å². The van der Waals surface area contributed by atoms with Crippen molar-refractivity contribution in [1.82, 2.24) is 20.2 Å². The molecule has 0 radical (unpaired) electrons. The minimum atomic E-state index is -4.47. The number of unbranched alkanes of at least 4 members (excludes halogenated alkanes) is 1. The Morgan fingerprint density at radius 1 is 1.29 bits per heavy atom. The Balaban J connectivity index is 1.66. The number of nitriles is 1. The second kappa shape index (κ2) is 9.56. The molecule has 11 heteroatoms. The summed E-state index contributed by atoms with van der Waals surface area (Å²) in [7, 11) is 0. The maximum atomic E-state index is 13.0. The predicted octanol–water partition coefficient (Wildman–Crippen LogP) is 2.30. The average molecular weight is 475 g/mol. The molecule has 34 heavy (non-hydrogen) atoms. The highest BCUT2D eigenvalue weighted by atomic mass is 19.4. The quantitative estimate of drug-likeness (QED) is 0.571. The second-order valence-electron chi connectivity index (χ2n) is 8.67. The number of benzene rings is 1. The summed E-state index contributed by atoms with van der Waals surface area (Å²) < 4.78 is 38.7. The summed E-state index contributed by atoms with van der Waals surface area (Å²) >= 11 is 0. The van der Waals surface area contributed by atoms with Gasteiger partial charge in [0.1, 0.15) is 5.82 Å². The number of nitrogens with zero attached hydrogens (tertiary/aromatic N) is 3. The van der Waals surface area contributed by atoms with E-state index in [0.717, 1.165) is 12.1 Å². The molecule has 3 atom stereocenters. The van der Waals surface area contributed by atoms with E-state index in [0.29, 0.717) is 55.6 Å². The molecule has 4 rings (SSSR count). The van der Waals surface area contributed by atoms with Gasteiger partial charge in [0.05, 0.1) is 41.6 Å². The number of amides is 1. The van der Waals surface area contributed by atoms with Gasteiger partial charge >= 0.3 is 6.18 Å². The Morgan fingerprint density at radius 3 is 2.65 bits per heavy atom. The Labute approximate surface area is 193 Å². The first kappa shape index (κ1) is 23.9. The number of hydrogen-bond acceptors (Lipinski definition) is 6. The number of halogens is 3. The maximum absolute atomic E-state index is 13.0. The molecule has 1 amide bonds. The number of aromatic nitrogens is 2. The monoisotopic (exact) mass is 475 g/mol. The van der Waals surface area contributed by atoms with E-state index in [1.165, 1.54) is 12.1 Å². The van der Waals surface area contributed by atoms with Crippen molar-refractivity contribution < 1.29 is 23.1 Å². The molecule has 2 aliphatic rings. The molecule has 1 saturated heterocycles. The van der Waals surface area contributed by atoms with Crippen molar-refractivity contribution in [2.24, 2.45) is 0 Å². The molecule has 0 aliphatic carbocycles. The lowest BCUT2D eigenvalue weighted by Crippen LogP contribution is -2.48. The molecule has 2 aliphatic heterocycles. The molecule has 1 fully saturated rings. The van der Waals surface area contributed by atoms with Gasteiger partial charge in [0, 0.05) is 31.0 Å². The summed E-state index contributed by atoms with van der Waals surface area (Å²) in [6, 6.07) is 5.93. The fourth-order valence-electron chi connectivity index (χ4n) is 4.52. The highest BCUT2D eigenvalue weighted by Gasteiger charge is 2.37. The van der Waals surface area contributed by atoms with Crippen LogP contribution < -0.4 is 10.9 Å². The van der Waals surface area contributed by atoms with Gasteiger partial charge in [-0.1, -0.05) is 12.1 Å². The summed E-state index contributed by atoms with van der Waals surface area (Å²) in [5.41, 5.74) is -0.0880. The zero-order chi connectivity index (χ0) is 24.5. The standard InChI is InChI=1S/C23H24F3N5O3/c24-23(25,26)15-6-4-13(5-7-15)20-29-19-14(3-1-2-8-27)11-31(12-17(19)21(33)30-20)22(34)18-9-16(32)10-28-18/h4-7,14,16,18,28,32H,1-3,9-12H2,(H,29,30,33)/t14?,16-,18+/m1/s1. The molecule has 0 bridgehead atoms. The zero-order valence-corrected chi connectivity index (χ0v) is 18.2. The Morgan fingerprint density at radius 2 is 2.03 bits per heavy atom. The Bertz CT molecular complexity index is 1160. The topological polar surface area (TPSA) is 122 Å². The maximum Gasteiger partial charge on any atom is 0.416 e. The molecule has 1 aromatic carbocycles. The van der Waals surface area contributed by atoms with Crippen molar-refractivity contribution in [1.29, 1.82) is 5.26 Å². The molecule has 0 saturated carbocycles. The molecule has 3 N–H and O–H groups in total. The molecule has 3 heterocycles. The van der Waals surface area contributed by atoms with Crippen LogP contribution in [0.2, 0.25) is 0 Å². The van der Waals surface area contributed by atoms with Crippen LogP contribution in [0, 0.1) is 11.3 Å². The van der Waals surface area contributed by atoms with Crippen LogP contribution in [0.1, 0.15) is 48.4 Å². The third-order valence-corrected chi connectivity index (χ3v) is 6.27. The van der Waals surface area contributed by atoms with Crippen LogP contribution in [0.15, 0.2) is 29.1 Å². The van der Waals surface area contributed by atoms with E-state index in [9.17, 15) is 27.9 Å². The number of aromatic amines is 1. The molecular weight excluding hydrogens is 451 g/mol. The minimum absolute atomic E-state index is 0.0484. The summed E-state index contributed by atoms with van der Waals surface area (Å²) in [4.78, 5) is 34.8. The number of rotatable bonds is 5. The number of alkyl halides is 3. The number of nitrogens with one attached hydrogen (secondary N) is 2. The summed E-state index contributed by atoms with van der Waals surface area (Å²) in [6.45, 7) is 0.673. The van der Waals surface area contributed by atoms with E-state index in [1.807, 2.05) is 0 Å². The fourth-order valence-corrected chi connectivity index (χ4v) is 4.52. The third-order valence-electron chi connectivity index (χ3n) is 6.27. The van der Waals surface area contributed by atoms with Crippen LogP contribution in [-0.4, -0.2) is 51.1 Å². The highest BCUT2D eigenvalue weighted by Crippen LogP contribution is 2.33. The number of carbonyl (C=O) groups is 1. The van der Waals surface area contributed by atoms with Gasteiger partial charge in [0.2, 0.25) is 5.91 Å². The van der Waals surface area contributed by atoms with Crippen molar-refractivity contribution in [3.05, 3.63) is 51.4 Å². The van der Waals surface area contributed by atoms with Crippen LogP contribution in [0.5, 0.6) is 0 Å². The van der Waals surface area contributed by atoms with E-state index in [4.69, 9.17) is 5.26 Å². The van der Waals surface area contributed by atoms with Gasteiger partial charge < -0.3 is 20.3 Å². The molecule has 180 valence electrons. The largest absolute Gasteiger partial charge is 0.416 e. The predicted molar refractivity (Wildman–Crippen MR) is 115 cm³/mol. The van der Waals surface area contributed by atoms with Gasteiger partial charge in [-0.25, -0.2) is 4.98 Å². The minimum Gasteiger partial charge on any atom is -0.392 e. The number of aliphatic hydroxyl groups is 1. The molecule has 0 spiro atoms. The van der Waals surface area contributed by atoms with Crippen LogP contribution in [0.25, 0.3) is 11.4 Å². The number of fused-ring (bicyclic) bond motifs is 1. The number of H-pyrrole nitrogens is 1. The van der Waals surface area contributed by atoms with Gasteiger partial charge in [-0.15, -0.1) is 0 Å². The van der Waals surface area contributed by atoms with Crippen molar-refractivity contribution >= 4 is 5.91 Å². The summed E-state index contributed by atoms with van der Waals surface area (Å²) in [6.07, 6.45) is -3.40. The van der Waals surface area contributed by atoms with E-state index >= 15 is 0 Å². The molecule has 8 nitrogen and oxygen atoms in total. The third kappa shape index (κ3) is 4.98. The van der Waals surface area contributed by atoms with Crippen LogP contribution in [-0.2, 0) is 17.5 Å². The van der Waals surface area contributed by atoms with Gasteiger partial charge in [-0.2, -0.15) is 18.4 Å². The van der Waals surface area contributed by atoms with Gasteiger partial charge in [0.15, 0.2) is 0 Å². The first-order valence-corrected chi connectivity index (χ1v) is 11.0. The number of aliphatic hydroxyl groups excluding tert-OH is 1. The molecule has 2 aromatic rings. The first-order valence-electron chi connectivity index (χ1n) is 11.0. The van der Waals surface area contributed by atoms with Crippen LogP contribution >= 0.6 is 0 Å². The van der Waals surface area contributed by atoms with E-state index in [1.54, 1.807) is 4.90 Å². The average Bonchev–Trinajstić information content (AvgIpc) is 3.24. The SMILES string of the molecule is N#CCCCC1CN(C(=O)[C@@H]2C[C@@H](O)CN2)Cc2c1nc(-c1ccc(C(F)(F)F)cc1)[nH]c2=O. The number of hydrogen-bond donors (Lipinski definition) is 3. The van der Waals surface area contributed by atoms with Crippen LogP contribution in [0.3, 0.4) is 0 Å². The lowest BCUT2D eigenvalue weighted by atomic mass is 9.90. The zero-order valence-electron chi connectivity index (χ0n) is 18.2. The highest BCUT2D eigenvalue weighted by molar-refractivity contribution is 5.82. The van der Waals surface area contributed by atoms with Crippen molar-refractivity contribution in [2.45, 2.75) is 56.5 Å². The van der Waals surface area contributed by atoms with Crippen molar-refractivity contribution in [3.8, 4) is 17.5 Å². The van der Waals surface area contributed by atoms with Crippen LogP contribution in [0.4, 0.5) is 13.2 Å². The fraction of sp³-hybridized carbons (Fsp3) is 0.478. The van der Waals surface area contributed by atoms with Crippen molar-refractivity contribution in [2.75, 3.05) is 13.1 Å². The summed E-state index contributed by atoms with van der Waals surface area (Å²) in [5, 5.41) is 21.7.